The molecule has 0 spiro atoms. The van der Waals surface area contributed by atoms with Crippen LogP contribution in [0.4, 0.5) is 0 Å². The zero-order valence-electron chi connectivity index (χ0n) is 14.7. The number of thioether (sulfide) groups is 1. The minimum Gasteiger partial charge on any atom is -0.355 e. The highest BCUT2D eigenvalue weighted by Gasteiger charge is 2.17. The summed E-state index contributed by atoms with van der Waals surface area (Å²) in [6.45, 7) is 4.10. The molecule has 0 aliphatic carbocycles. The second-order valence-electron chi connectivity index (χ2n) is 6.10. The van der Waals surface area contributed by atoms with Gasteiger partial charge in [0.2, 0.25) is 0 Å². The van der Waals surface area contributed by atoms with Crippen molar-refractivity contribution in [3.8, 4) is 16.8 Å². The molecular formula is C21H19N3OS. The van der Waals surface area contributed by atoms with E-state index in [-0.39, 0.29) is 5.56 Å². The van der Waals surface area contributed by atoms with Gasteiger partial charge in [-0.1, -0.05) is 66.7 Å². The molecule has 0 radical (unpaired) electrons. The summed E-state index contributed by atoms with van der Waals surface area (Å²) in [4.78, 5) is 21.2. The third kappa shape index (κ3) is 2.84. The Morgan fingerprint density at radius 2 is 1.81 bits per heavy atom. The van der Waals surface area contributed by atoms with Gasteiger partial charge in [-0.05, 0) is 30.4 Å². The normalized spacial score (nSPS) is 11.2. The predicted octanol–water partition coefficient (Wildman–Crippen LogP) is 4.80. The van der Waals surface area contributed by atoms with Gasteiger partial charge in [0.05, 0.1) is 5.69 Å². The van der Waals surface area contributed by atoms with Crippen LogP contribution in [-0.2, 0) is 0 Å². The van der Waals surface area contributed by atoms with E-state index in [4.69, 9.17) is 4.98 Å². The summed E-state index contributed by atoms with van der Waals surface area (Å²) in [6, 6.07) is 18.0. The molecule has 5 heteroatoms. The van der Waals surface area contributed by atoms with Gasteiger partial charge in [-0.25, -0.2) is 4.98 Å². The second kappa shape index (κ2) is 6.84. The Balaban J connectivity index is 1.99. The highest BCUT2D eigenvalue weighted by molar-refractivity contribution is 7.99. The molecular weight excluding hydrogens is 342 g/mol. The smallest absolute Gasteiger partial charge is 0.283 e. The maximum absolute atomic E-state index is 13.2. The van der Waals surface area contributed by atoms with Gasteiger partial charge in [-0.3, -0.25) is 9.36 Å². The lowest BCUT2D eigenvalue weighted by atomic mass is 10.1. The van der Waals surface area contributed by atoms with Crippen LogP contribution >= 0.6 is 11.8 Å². The Kier molecular flexibility index (Phi) is 4.39. The van der Waals surface area contributed by atoms with Crippen molar-refractivity contribution in [3.63, 3.8) is 0 Å². The van der Waals surface area contributed by atoms with E-state index in [0.717, 1.165) is 33.6 Å². The van der Waals surface area contributed by atoms with E-state index in [1.54, 1.807) is 16.3 Å². The molecule has 0 atom stereocenters. The lowest BCUT2D eigenvalue weighted by Gasteiger charge is -2.12. The number of benzene rings is 2. The molecule has 0 aliphatic rings. The van der Waals surface area contributed by atoms with Gasteiger partial charge in [0.15, 0.2) is 5.16 Å². The van der Waals surface area contributed by atoms with Gasteiger partial charge in [0.25, 0.3) is 5.56 Å². The summed E-state index contributed by atoms with van der Waals surface area (Å²) >= 11 is 1.58. The van der Waals surface area contributed by atoms with Crippen LogP contribution in [0.2, 0.25) is 0 Å². The lowest BCUT2D eigenvalue weighted by Crippen LogP contribution is -2.21. The Morgan fingerprint density at radius 3 is 2.50 bits per heavy atom. The maximum Gasteiger partial charge on any atom is 0.283 e. The van der Waals surface area contributed by atoms with E-state index in [2.05, 4.69) is 11.9 Å². The lowest BCUT2D eigenvalue weighted by molar-refractivity contribution is 0.818. The van der Waals surface area contributed by atoms with E-state index < -0.39 is 0 Å². The first kappa shape index (κ1) is 16.7. The van der Waals surface area contributed by atoms with Crippen LogP contribution in [0, 0.1) is 6.92 Å². The number of hydrogen-bond acceptors (Lipinski definition) is 3. The van der Waals surface area contributed by atoms with Crippen molar-refractivity contribution in [2.75, 3.05) is 5.75 Å². The summed E-state index contributed by atoms with van der Waals surface area (Å²) < 4.78 is 1.70. The molecule has 26 heavy (non-hydrogen) atoms. The van der Waals surface area contributed by atoms with Gasteiger partial charge < -0.3 is 4.98 Å². The van der Waals surface area contributed by atoms with Crippen LogP contribution in [0.25, 0.3) is 27.8 Å². The van der Waals surface area contributed by atoms with Crippen LogP contribution in [0.1, 0.15) is 12.5 Å². The third-order valence-electron chi connectivity index (χ3n) is 4.32. The second-order valence-corrected chi connectivity index (χ2v) is 7.33. The number of nitrogens with one attached hydrogen (secondary N) is 1. The number of nitrogens with zero attached hydrogens (tertiary/aromatic N) is 2. The number of hydrogen-bond donors (Lipinski definition) is 1. The fourth-order valence-corrected chi connectivity index (χ4v) is 3.76. The molecule has 4 aromatic rings. The summed E-state index contributed by atoms with van der Waals surface area (Å²) in [5.41, 5.74) is 5.17. The third-order valence-corrected chi connectivity index (χ3v) is 5.14. The standard InChI is InChI=1S/C21H19N3OS/c1-3-26-21-23-18-17(15-7-5-4-6-8-15)13-22-19(18)20(25)24(21)16-11-9-14(2)10-12-16/h4-13,22H,3H2,1-2H3. The molecule has 0 saturated carbocycles. The minimum absolute atomic E-state index is 0.0722. The van der Waals surface area contributed by atoms with Crippen LogP contribution in [0.3, 0.4) is 0 Å². The molecule has 130 valence electrons. The molecule has 0 amide bonds. The van der Waals surface area contributed by atoms with Crippen molar-refractivity contribution < 1.29 is 0 Å². The first-order chi connectivity index (χ1) is 12.7. The van der Waals surface area contributed by atoms with Crippen LogP contribution < -0.4 is 5.56 Å². The monoisotopic (exact) mass is 361 g/mol. The van der Waals surface area contributed by atoms with Crippen LogP contribution in [0.5, 0.6) is 0 Å². The average molecular weight is 361 g/mol. The van der Waals surface area contributed by atoms with Gasteiger partial charge in [0, 0.05) is 11.8 Å². The van der Waals surface area contributed by atoms with Crippen molar-refractivity contribution in [1.29, 1.82) is 0 Å². The SMILES string of the molecule is CCSc1nc2c(-c3ccccc3)c[nH]c2c(=O)n1-c1ccc(C)cc1. The Hall–Kier alpha value is -2.79. The maximum atomic E-state index is 13.2. The first-order valence-corrected chi connectivity index (χ1v) is 9.57. The highest BCUT2D eigenvalue weighted by Crippen LogP contribution is 2.28. The molecule has 4 rings (SSSR count). The van der Waals surface area contributed by atoms with E-state index in [1.807, 2.05) is 67.7 Å². The molecule has 0 unspecified atom stereocenters. The molecule has 1 N–H and O–H groups in total. The molecule has 2 aromatic carbocycles. The number of rotatable bonds is 4. The zero-order valence-corrected chi connectivity index (χ0v) is 15.5. The molecule has 0 fully saturated rings. The van der Waals surface area contributed by atoms with Gasteiger partial charge in [0.1, 0.15) is 11.0 Å². The molecule has 2 heterocycles. The quantitative estimate of drug-likeness (QED) is 0.419. The zero-order chi connectivity index (χ0) is 18.1. The van der Waals surface area contributed by atoms with Crippen LogP contribution in [-0.4, -0.2) is 20.3 Å². The fraction of sp³-hybridized carbons (Fsp3) is 0.143. The minimum atomic E-state index is -0.0722. The number of aryl methyl sites for hydroxylation is 1. The van der Waals surface area contributed by atoms with E-state index in [0.29, 0.717) is 10.7 Å². The van der Waals surface area contributed by atoms with Gasteiger partial charge in [-0.2, -0.15) is 0 Å². The van der Waals surface area contributed by atoms with E-state index in [1.165, 1.54) is 0 Å². The summed E-state index contributed by atoms with van der Waals surface area (Å²) in [5, 5.41) is 0.714. The molecule has 0 bridgehead atoms. The van der Waals surface area contributed by atoms with Crippen molar-refractivity contribution in [1.82, 2.24) is 14.5 Å². The van der Waals surface area contributed by atoms with Gasteiger partial charge in [-0.15, -0.1) is 0 Å². The number of fused-ring (bicyclic) bond motifs is 1. The highest BCUT2D eigenvalue weighted by atomic mass is 32.2. The number of aromatic amines is 1. The number of H-pyrrole nitrogens is 1. The Bertz CT molecular complexity index is 1110. The predicted molar refractivity (Wildman–Crippen MR) is 108 cm³/mol. The Labute approximate surface area is 155 Å². The summed E-state index contributed by atoms with van der Waals surface area (Å²) in [6.07, 6.45) is 1.87. The first-order valence-electron chi connectivity index (χ1n) is 8.58. The molecule has 2 aromatic heterocycles. The summed E-state index contributed by atoms with van der Waals surface area (Å²) in [5.74, 6) is 0.842. The van der Waals surface area contributed by atoms with E-state index in [9.17, 15) is 4.79 Å². The van der Waals surface area contributed by atoms with E-state index >= 15 is 0 Å². The molecule has 0 aliphatic heterocycles. The number of aromatic nitrogens is 3. The van der Waals surface area contributed by atoms with Gasteiger partial charge >= 0.3 is 0 Å². The average Bonchev–Trinajstić information content (AvgIpc) is 3.08. The molecule has 4 nitrogen and oxygen atoms in total. The molecule has 0 saturated heterocycles. The van der Waals surface area contributed by atoms with Crippen LogP contribution in [0.15, 0.2) is 70.7 Å². The fourth-order valence-electron chi connectivity index (χ4n) is 3.02. The van der Waals surface area contributed by atoms with Crippen molar-refractivity contribution in [2.24, 2.45) is 0 Å². The Morgan fingerprint density at radius 1 is 1.08 bits per heavy atom. The van der Waals surface area contributed by atoms with Crippen molar-refractivity contribution in [2.45, 2.75) is 19.0 Å². The van der Waals surface area contributed by atoms with Crippen molar-refractivity contribution >= 4 is 22.8 Å². The largest absolute Gasteiger partial charge is 0.355 e. The topological polar surface area (TPSA) is 50.7 Å². The summed E-state index contributed by atoms with van der Waals surface area (Å²) in [7, 11) is 0. The van der Waals surface area contributed by atoms with Crippen molar-refractivity contribution in [3.05, 3.63) is 76.7 Å².